The van der Waals surface area contributed by atoms with Crippen LogP contribution in [0.1, 0.15) is 37.5 Å². The fraction of sp³-hybridized carbons (Fsp3) is 0.316. The van der Waals surface area contributed by atoms with E-state index < -0.39 is 0 Å². The Hall–Kier alpha value is -1.99. The molecule has 0 aliphatic carbocycles. The van der Waals surface area contributed by atoms with Crippen LogP contribution in [0.2, 0.25) is 0 Å². The van der Waals surface area contributed by atoms with Crippen LogP contribution in [0.15, 0.2) is 40.9 Å². The maximum Gasteiger partial charge on any atom is 0.137 e. The van der Waals surface area contributed by atoms with E-state index >= 15 is 0 Å². The number of nitriles is 1. The van der Waals surface area contributed by atoms with Crippen LogP contribution in [0.25, 0.3) is 0 Å². The zero-order valence-electron chi connectivity index (χ0n) is 13.8. The van der Waals surface area contributed by atoms with Gasteiger partial charge in [-0.25, -0.2) is 0 Å². The van der Waals surface area contributed by atoms with E-state index in [2.05, 4.69) is 42.8 Å². The van der Waals surface area contributed by atoms with Crippen LogP contribution in [0.3, 0.4) is 0 Å². The molecule has 4 heteroatoms. The first kappa shape index (κ1) is 17.4. The predicted molar refractivity (Wildman–Crippen MR) is 94.9 cm³/mol. The number of rotatable bonds is 4. The van der Waals surface area contributed by atoms with E-state index in [1.54, 1.807) is 19.2 Å². The molecule has 23 heavy (non-hydrogen) atoms. The minimum absolute atomic E-state index is 0.0724. The van der Waals surface area contributed by atoms with Crippen molar-refractivity contribution >= 4 is 15.9 Å². The number of hydrogen-bond acceptors (Lipinski definition) is 3. The molecule has 2 aromatic carbocycles. The van der Waals surface area contributed by atoms with Crippen LogP contribution in [0.5, 0.6) is 11.5 Å². The highest BCUT2D eigenvalue weighted by atomic mass is 79.9. The van der Waals surface area contributed by atoms with Crippen molar-refractivity contribution in [3.05, 3.63) is 57.6 Å². The van der Waals surface area contributed by atoms with Crippen LogP contribution in [-0.4, -0.2) is 7.11 Å². The summed E-state index contributed by atoms with van der Waals surface area (Å²) >= 11 is 3.58. The van der Waals surface area contributed by atoms with Crippen LogP contribution >= 0.6 is 15.9 Å². The van der Waals surface area contributed by atoms with Crippen LogP contribution < -0.4 is 9.47 Å². The Morgan fingerprint density at radius 3 is 2.30 bits per heavy atom. The van der Waals surface area contributed by atoms with E-state index in [4.69, 9.17) is 14.7 Å². The van der Waals surface area contributed by atoms with E-state index in [1.165, 1.54) is 0 Å². The average Bonchev–Trinajstić information content (AvgIpc) is 2.52. The lowest BCUT2D eigenvalue weighted by Crippen LogP contribution is -2.14. The number of ether oxygens (including phenoxy) is 2. The monoisotopic (exact) mass is 373 g/mol. The van der Waals surface area contributed by atoms with Crippen molar-refractivity contribution in [2.24, 2.45) is 0 Å². The van der Waals surface area contributed by atoms with Crippen molar-refractivity contribution in [2.45, 2.75) is 32.8 Å². The molecule has 0 spiro atoms. The van der Waals surface area contributed by atoms with Crippen molar-refractivity contribution in [2.75, 3.05) is 7.11 Å². The average molecular weight is 374 g/mol. The summed E-state index contributed by atoms with van der Waals surface area (Å²) in [6.07, 6.45) is 0. The summed E-state index contributed by atoms with van der Waals surface area (Å²) in [5.74, 6) is 1.62. The fourth-order valence-electron chi connectivity index (χ4n) is 2.22. The third-order valence-corrected chi connectivity index (χ3v) is 4.12. The van der Waals surface area contributed by atoms with Gasteiger partial charge < -0.3 is 9.47 Å². The molecule has 120 valence electrons. The van der Waals surface area contributed by atoms with E-state index in [0.717, 1.165) is 27.1 Å². The van der Waals surface area contributed by atoms with Gasteiger partial charge in [-0.05, 0) is 51.2 Å². The molecule has 3 nitrogen and oxygen atoms in total. The van der Waals surface area contributed by atoms with Crippen LogP contribution in [0, 0.1) is 11.3 Å². The first-order valence-electron chi connectivity index (χ1n) is 7.35. The lowest BCUT2D eigenvalue weighted by molar-refractivity contribution is 0.294. The van der Waals surface area contributed by atoms with Gasteiger partial charge in [0.05, 0.1) is 23.2 Å². The minimum Gasteiger partial charge on any atom is -0.497 e. The van der Waals surface area contributed by atoms with Gasteiger partial charge in [0.25, 0.3) is 0 Å². The zero-order valence-corrected chi connectivity index (χ0v) is 15.4. The third-order valence-electron chi connectivity index (χ3n) is 3.53. The Kier molecular flexibility index (Phi) is 5.33. The Bertz CT molecular complexity index is 725. The molecular formula is C19H20BrNO2. The van der Waals surface area contributed by atoms with Gasteiger partial charge in [0, 0.05) is 5.56 Å². The Morgan fingerprint density at radius 2 is 1.78 bits per heavy atom. The number of halogens is 1. The van der Waals surface area contributed by atoms with E-state index in [9.17, 15) is 0 Å². The van der Waals surface area contributed by atoms with Crippen LogP contribution in [-0.2, 0) is 12.0 Å². The summed E-state index contributed by atoms with van der Waals surface area (Å²) in [6.45, 7) is 6.87. The molecular weight excluding hydrogens is 354 g/mol. The van der Waals surface area contributed by atoms with Gasteiger partial charge in [-0.1, -0.05) is 32.9 Å². The topological polar surface area (TPSA) is 42.2 Å². The van der Waals surface area contributed by atoms with E-state index in [0.29, 0.717) is 12.2 Å². The van der Waals surface area contributed by atoms with Crippen molar-refractivity contribution < 1.29 is 9.47 Å². The van der Waals surface area contributed by atoms with E-state index in [1.807, 2.05) is 24.3 Å². The zero-order chi connectivity index (χ0) is 17.0. The minimum atomic E-state index is -0.0724. The highest BCUT2D eigenvalue weighted by Crippen LogP contribution is 2.40. The number of nitrogens with zero attached hydrogens (tertiary/aromatic N) is 1. The van der Waals surface area contributed by atoms with Gasteiger partial charge in [0.2, 0.25) is 0 Å². The summed E-state index contributed by atoms with van der Waals surface area (Å²) in [5.41, 5.74) is 2.68. The van der Waals surface area contributed by atoms with Gasteiger partial charge >= 0.3 is 0 Å². The Labute approximate surface area is 146 Å². The lowest BCUT2D eigenvalue weighted by atomic mass is 9.86. The molecule has 0 aliphatic rings. The molecule has 0 saturated carbocycles. The van der Waals surface area contributed by atoms with E-state index in [-0.39, 0.29) is 5.41 Å². The molecule has 0 amide bonds. The molecule has 0 unspecified atom stereocenters. The molecule has 0 bridgehead atoms. The second-order valence-corrected chi connectivity index (χ2v) is 7.19. The molecule has 0 aliphatic heterocycles. The van der Waals surface area contributed by atoms with Gasteiger partial charge in [-0.3, -0.25) is 0 Å². The highest BCUT2D eigenvalue weighted by Gasteiger charge is 2.22. The highest BCUT2D eigenvalue weighted by molar-refractivity contribution is 9.10. The van der Waals surface area contributed by atoms with Crippen molar-refractivity contribution in [1.29, 1.82) is 5.26 Å². The largest absolute Gasteiger partial charge is 0.497 e. The van der Waals surface area contributed by atoms with Gasteiger partial charge in [0.1, 0.15) is 18.1 Å². The smallest absolute Gasteiger partial charge is 0.137 e. The Morgan fingerprint density at radius 1 is 1.13 bits per heavy atom. The van der Waals surface area contributed by atoms with Crippen molar-refractivity contribution in [3.8, 4) is 17.6 Å². The molecule has 0 fully saturated rings. The molecule has 0 atom stereocenters. The number of hydrogen-bond donors (Lipinski definition) is 0. The fourth-order valence-corrected chi connectivity index (χ4v) is 2.77. The quantitative estimate of drug-likeness (QED) is 0.738. The number of benzene rings is 2. The molecule has 0 radical (unpaired) electrons. The predicted octanol–water partition coefficient (Wildman–Crippen LogP) is 5.21. The standard InChI is InChI=1S/C19H20BrNO2/c1-19(2,3)16-9-15(22-4)10-17(20)18(16)23-12-14-7-5-13(11-21)6-8-14/h5-10H,12H2,1-4H3. The van der Waals surface area contributed by atoms with Crippen molar-refractivity contribution in [3.63, 3.8) is 0 Å². The lowest BCUT2D eigenvalue weighted by Gasteiger charge is -2.24. The summed E-state index contributed by atoms with van der Waals surface area (Å²) in [7, 11) is 1.66. The Balaban J connectivity index is 2.29. The number of methoxy groups -OCH3 is 1. The first-order valence-corrected chi connectivity index (χ1v) is 8.14. The van der Waals surface area contributed by atoms with Gasteiger partial charge in [-0.2, -0.15) is 5.26 Å². The second kappa shape index (κ2) is 7.06. The van der Waals surface area contributed by atoms with Crippen molar-refractivity contribution in [1.82, 2.24) is 0 Å². The molecule has 0 saturated heterocycles. The summed E-state index contributed by atoms with van der Waals surface area (Å²) < 4.78 is 12.3. The molecule has 0 heterocycles. The third kappa shape index (κ3) is 4.27. The van der Waals surface area contributed by atoms with Gasteiger partial charge in [0.15, 0.2) is 0 Å². The second-order valence-electron chi connectivity index (χ2n) is 6.33. The molecule has 2 aromatic rings. The SMILES string of the molecule is COc1cc(Br)c(OCc2ccc(C#N)cc2)c(C(C)(C)C)c1. The summed E-state index contributed by atoms with van der Waals surface area (Å²) in [6, 6.07) is 13.5. The van der Waals surface area contributed by atoms with Crippen LogP contribution in [0.4, 0.5) is 0 Å². The molecule has 2 rings (SSSR count). The summed E-state index contributed by atoms with van der Waals surface area (Å²) in [5, 5.41) is 8.85. The van der Waals surface area contributed by atoms with Gasteiger partial charge in [-0.15, -0.1) is 0 Å². The summed E-state index contributed by atoms with van der Waals surface area (Å²) in [4.78, 5) is 0. The first-order chi connectivity index (χ1) is 10.8. The molecule has 0 N–H and O–H groups in total. The molecule has 0 aromatic heterocycles. The maximum absolute atomic E-state index is 8.85. The normalized spacial score (nSPS) is 11.0. The maximum atomic E-state index is 8.85.